The number of rotatable bonds is 5. The van der Waals surface area contributed by atoms with Gasteiger partial charge in [0.1, 0.15) is 0 Å². The standard InChI is InChI=1S/C52H33N3/c1-3-12-33(13-4-1)36-24-26-39-28-40-17-11-21-44(49(40)47(39)31-36)38-25-22-34-23-27-41(30-42(34)29-38)51-53-50(35-14-5-2-6-15-35)54-52(55-51)48-32-37-16-7-8-18-43(37)45-19-9-10-20-46(45)48/h1-27,29-32H,28H2. The fourth-order valence-electron chi connectivity index (χ4n) is 8.42. The molecule has 0 saturated carbocycles. The Hall–Kier alpha value is -7.23. The molecule has 11 rings (SSSR count). The minimum atomic E-state index is 0.649. The average molecular weight is 700 g/mol. The molecule has 0 radical (unpaired) electrons. The highest BCUT2D eigenvalue weighted by Gasteiger charge is 2.23. The van der Waals surface area contributed by atoms with Crippen molar-refractivity contribution in [2.75, 3.05) is 0 Å². The van der Waals surface area contributed by atoms with Crippen molar-refractivity contribution in [3.63, 3.8) is 0 Å². The van der Waals surface area contributed by atoms with Crippen LogP contribution in [0, 0.1) is 0 Å². The van der Waals surface area contributed by atoms with Crippen LogP contribution in [-0.4, -0.2) is 15.0 Å². The summed E-state index contributed by atoms with van der Waals surface area (Å²) in [6, 6.07) is 67.2. The van der Waals surface area contributed by atoms with Crippen molar-refractivity contribution < 1.29 is 0 Å². The Kier molecular flexibility index (Phi) is 7.24. The number of aromatic nitrogens is 3. The van der Waals surface area contributed by atoms with E-state index < -0.39 is 0 Å². The van der Waals surface area contributed by atoms with E-state index in [4.69, 9.17) is 15.0 Å². The van der Waals surface area contributed by atoms with Gasteiger partial charge in [0.2, 0.25) is 0 Å². The molecule has 0 atom stereocenters. The monoisotopic (exact) mass is 699 g/mol. The predicted octanol–water partition coefficient (Wildman–Crippen LogP) is 13.2. The van der Waals surface area contributed by atoms with Gasteiger partial charge in [-0.1, -0.05) is 164 Å². The lowest BCUT2D eigenvalue weighted by Gasteiger charge is -2.13. The zero-order chi connectivity index (χ0) is 36.3. The molecule has 0 N–H and O–H groups in total. The van der Waals surface area contributed by atoms with Crippen molar-refractivity contribution in [1.29, 1.82) is 0 Å². The van der Waals surface area contributed by atoms with Crippen molar-refractivity contribution in [1.82, 2.24) is 15.0 Å². The zero-order valence-corrected chi connectivity index (χ0v) is 29.9. The molecule has 1 aromatic heterocycles. The molecule has 3 heteroatoms. The summed E-state index contributed by atoms with van der Waals surface area (Å²) in [5.41, 5.74) is 13.2. The lowest BCUT2D eigenvalue weighted by atomic mass is 9.91. The Morgan fingerprint density at radius 2 is 0.927 bits per heavy atom. The summed E-state index contributed by atoms with van der Waals surface area (Å²) in [5, 5.41) is 6.99. The summed E-state index contributed by atoms with van der Waals surface area (Å²) >= 11 is 0. The van der Waals surface area contributed by atoms with E-state index in [2.05, 4.69) is 170 Å². The van der Waals surface area contributed by atoms with Gasteiger partial charge in [-0.25, -0.2) is 15.0 Å². The summed E-state index contributed by atoms with van der Waals surface area (Å²) in [7, 11) is 0. The van der Waals surface area contributed by atoms with E-state index in [9.17, 15) is 0 Å². The molecule has 0 bridgehead atoms. The molecule has 0 amide bonds. The van der Waals surface area contributed by atoms with Crippen LogP contribution in [0.1, 0.15) is 11.1 Å². The molecule has 256 valence electrons. The maximum atomic E-state index is 5.23. The first-order valence-corrected chi connectivity index (χ1v) is 18.8. The number of hydrogen-bond donors (Lipinski definition) is 0. The van der Waals surface area contributed by atoms with Crippen molar-refractivity contribution >= 4 is 32.3 Å². The molecule has 9 aromatic carbocycles. The van der Waals surface area contributed by atoms with Crippen molar-refractivity contribution in [3.05, 3.63) is 199 Å². The first-order chi connectivity index (χ1) is 27.2. The van der Waals surface area contributed by atoms with Gasteiger partial charge in [-0.2, -0.15) is 0 Å². The molecule has 0 fully saturated rings. The Morgan fingerprint density at radius 1 is 0.291 bits per heavy atom. The molecule has 0 aliphatic heterocycles. The van der Waals surface area contributed by atoms with Gasteiger partial charge in [0.15, 0.2) is 17.5 Å². The fraction of sp³-hybridized carbons (Fsp3) is 0.0192. The molecule has 0 spiro atoms. The summed E-state index contributed by atoms with van der Waals surface area (Å²) < 4.78 is 0. The Balaban J connectivity index is 1.06. The van der Waals surface area contributed by atoms with Crippen LogP contribution < -0.4 is 0 Å². The van der Waals surface area contributed by atoms with Gasteiger partial charge in [0, 0.05) is 16.7 Å². The second kappa shape index (κ2) is 12.7. The second-order valence-corrected chi connectivity index (χ2v) is 14.4. The number of nitrogens with zero attached hydrogens (tertiary/aromatic N) is 3. The van der Waals surface area contributed by atoms with Crippen LogP contribution in [0.4, 0.5) is 0 Å². The number of benzene rings is 9. The molecule has 55 heavy (non-hydrogen) atoms. The Bertz CT molecular complexity index is 3110. The average Bonchev–Trinajstić information content (AvgIpc) is 3.64. The molecular weight excluding hydrogens is 667 g/mol. The maximum absolute atomic E-state index is 5.23. The van der Waals surface area contributed by atoms with E-state index in [0.717, 1.165) is 39.3 Å². The highest BCUT2D eigenvalue weighted by molar-refractivity contribution is 6.13. The van der Waals surface area contributed by atoms with Crippen LogP contribution >= 0.6 is 0 Å². The van der Waals surface area contributed by atoms with E-state index in [1.54, 1.807) is 0 Å². The van der Waals surface area contributed by atoms with E-state index in [1.165, 1.54) is 60.7 Å². The smallest absolute Gasteiger partial charge is 0.164 e. The van der Waals surface area contributed by atoms with Gasteiger partial charge in [-0.05, 0) is 108 Å². The first-order valence-electron chi connectivity index (χ1n) is 18.8. The molecule has 10 aromatic rings. The lowest BCUT2D eigenvalue weighted by Crippen LogP contribution is -2.00. The van der Waals surface area contributed by atoms with E-state index in [0.29, 0.717) is 17.5 Å². The molecule has 1 aliphatic carbocycles. The highest BCUT2D eigenvalue weighted by atomic mass is 15.0. The minimum Gasteiger partial charge on any atom is -0.208 e. The summed E-state index contributed by atoms with van der Waals surface area (Å²) in [6.07, 6.45) is 0.948. The van der Waals surface area contributed by atoms with Gasteiger partial charge in [0.05, 0.1) is 0 Å². The molecule has 1 aliphatic rings. The van der Waals surface area contributed by atoms with Gasteiger partial charge in [0.25, 0.3) is 0 Å². The highest BCUT2D eigenvalue weighted by Crippen LogP contribution is 2.45. The molecule has 1 heterocycles. The largest absolute Gasteiger partial charge is 0.208 e. The summed E-state index contributed by atoms with van der Waals surface area (Å²) in [4.78, 5) is 15.5. The van der Waals surface area contributed by atoms with Crippen LogP contribution in [0.3, 0.4) is 0 Å². The molecular formula is C52H33N3. The maximum Gasteiger partial charge on any atom is 0.164 e. The minimum absolute atomic E-state index is 0.649. The number of fused-ring (bicyclic) bond motifs is 7. The number of hydrogen-bond acceptors (Lipinski definition) is 3. The first kappa shape index (κ1) is 31.3. The second-order valence-electron chi connectivity index (χ2n) is 14.4. The third-order valence-corrected chi connectivity index (χ3v) is 11.1. The molecule has 3 nitrogen and oxygen atoms in total. The Labute approximate surface area is 319 Å². The molecule has 0 unspecified atom stereocenters. The van der Waals surface area contributed by atoms with Crippen molar-refractivity contribution in [2.45, 2.75) is 6.42 Å². The summed E-state index contributed by atoms with van der Waals surface area (Å²) in [5.74, 6) is 1.96. The van der Waals surface area contributed by atoms with E-state index in [-0.39, 0.29) is 0 Å². The lowest BCUT2D eigenvalue weighted by molar-refractivity contribution is 1.08. The van der Waals surface area contributed by atoms with Gasteiger partial charge in [-0.15, -0.1) is 0 Å². The molecule has 0 saturated heterocycles. The predicted molar refractivity (Wildman–Crippen MR) is 228 cm³/mol. The van der Waals surface area contributed by atoms with Crippen molar-refractivity contribution in [3.8, 4) is 67.5 Å². The summed E-state index contributed by atoms with van der Waals surface area (Å²) in [6.45, 7) is 0. The normalized spacial score (nSPS) is 11.9. The van der Waals surface area contributed by atoms with E-state index in [1.807, 2.05) is 18.2 Å². The quantitative estimate of drug-likeness (QED) is 0.168. The van der Waals surface area contributed by atoms with Crippen LogP contribution in [0.2, 0.25) is 0 Å². The van der Waals surface area contributed by atoms with Crippen LogP contribution in [0.25, 0.3) is 99.9 Å². The van der Waals surface area contributed by atoms with Crippen molar-refractivity contribution in [2.24, 2.45) is 0 Å². The fourth-order valence-corrected chi connectivity index (χ4v) is 8.42. The van der Waals surface area contributed by atoms with Crippen LogP contribution in [0.5, 0.6) is 0 Å². The SMILES string of the molecule is c1ccc(-c2ccc3c(c2)-c2c(cccc2-c2ccc4ccc(-c5nc(-c6ccccc6)nc(-c6cc7ccccc7c7ccccc67)n5)cc4c2)C3)cc1. The van der Waals surface area contributed by atoms with E-state index >= 15 is 0 Å². The topological polar surface area (TPSA) is 38.7 Å². The third-order valence-electron chi connectivity index (χ3n) is 11.1. The van der Waals surface area contributed by atoms with Gasteiger partial charge in [-0.3, -0.25) is 0 Å². The Morgan fingerprint density at radius 3 is 1.75 bits per heavy atom. The van der Waals surface area contributed by atoms with Crippen LogP contribution in [0.15, 0.2) is 188 Å². The zero-order valence-electron chi connectivity index (χ0n) is 29.9. The van der Waals surface area contributed by atoms with Gasteiger partial charge >= 0.3 is 0 Å². The van der Waals surface area contributed by atoms with Gasteiger partial charge < -0.3 is 0 Å². The van der Waals surface area contributed by atoms with Crippen LogP contribution in [-0.2, 0) is 6.42 Å². The third kappa shape index (κ3) is 5.40.